The maximum absolute atomic E-state index is 14.2. The van der Waals surface area contributed by atoms with E-state index in [0.29, 0.717) is 57.8 Å². The topological polar surface area (TPSA) is 169 Å². The van der Waals surface area contributed by atoms with Gasteiger partial charge in [-0.2, -0.15) is 0 Å². The lowest BCUT2D eigenvalue weighted by atomic mass is 9.59. The highest BCUT2D eigenvalue weighted by molar-refractivity contribution is 8.00. The Balaban J connectivity index is 0.864. The van der Waals surface area contributed by atoms with Crippen molar-refractivity contribution in [2.45, 2.75) is 112 Å². The van der Waals surface area contributed by atoms with Crippen LogP contribution in [0.5, 0.6) is 17.2 Å². The lowest BCUT2D eigenvalue weighted by molar-refractivity contribution is -0.388. The number of benzene rings is 3. The van der Waals surface area contributed by atoms with Crippen LogP contribution < -0.4 is 19.1 Å². The van der Waals surface area contributed by atoms with E-state index < -0.39 is 25.7 Å². The predicted molar refractivity (Wildman–Crippen MR) is 264 cm³/mol. The third kappa shape index (κ3) is 9.30. The molecule has 5 aromatic rings. The van der Waals surface area contributed by atoms with Gasteiger partial charge in [0.05, 0.1) is 45.9 Å². The van der Waals surface area contributed by atoms with E-state index in [9.17, 15) is 23.3 Å². The average Bonchev–Trinajstić information content (AvgIpc) is 3.69. The van der Waals surface area contributed by atoms with Crippen LogP contribution in [-0.4, -0.2) is 84.9 Å². The Bertz CT molecular complexity index is 2850. The molecule has 0 bridgehead atoms. The number of morpholine rings is 1. The maximum atomic E-state index is 14.2. The zero-order valence-electron chi connectivity index (χ0n) is 39.0. The maximum Gasteiger partial charge on any atom is 0.288 e. The smallest absolute Gasteiger partial charge is 0.288 e. The third-order valence-electron chi connectivity index (χ3n) is 15.4. The number of amides is 1. The number of hydrogen-bond donors (Lipinski definition) is 2. The highest BCUT2D eigenvalue weighted by Crippen LogP contribution is 2.54. The number of pyridine rings is 1. The van der Waals surface area contributed by atoms with E-state index >= 15 is 0 Å². The summed E-state index contributed by atoms with van der Waals surface area (Å²) < 4.78 is 48.8. The van der Waals surface area contributed by atoms with Gasteiger partial charge in [-0.15, -0.1) is 11.8 Å². The molecule has 14 nitrogen and oxygen atoms in total. The van der Waals surface area contributed by atoms with Gasteiger partial charge in [-0.05, 0) is 103 Å². The first-order chi connectivity index (χ1) is 32.6. The molecule has 3 aromatic carbocycles. The Labute approximate surface area is 407 Å². The summed E-state index contributed by atoms with van der Waals surface area (Å²) in [6.07, 6.45) is 11.5. The second-order valence-corrected chi connectivity index (χ2v) is 23.9. The number of sulfonamides is 1. The zero-order chi connectivity index (χ0) is 47.5. The van der Waals surface area contributed by atoms with Crippen molar-refractivity contribution >= 4 is 61.7 Å². The summed E-state index contributed by atoms with van der Waals surface area (Å²) in [4.78, 5) is 38.3. The molecule has 2 atom stereocenters. The molecular weight excluding hydrogens is 924 g/mol. The fraction of sp³-hybridized carbons (Fsp3) is 0.490. The number of nitrogens with one attached hydrogen (secondary N) is 2. The van der Waals surface area contributed by atoms with Crippen molar-refractivity contribution in [1.29, 1.82) is 0 Å². The Kier molecular flexibility index (Phi) is 12.7. The van der Waals surface area contributed by atoms with E-state index in [1.54, 1.807) is 24.4 Å². The van der Waals surface area contributed by atoms with Crippen molar-refractivity contribution in [3.8, 4) is 17.2 Å². The van der Waals surface area contributed by atoms with Gasteiger partial charge in [0.25, 0.3) is 21.6 Å². The van der Waals surface area contributed by atoms with Crippen molar-refractivity contribution in [2.75, 3.05) is 44.4 Å². The number of nitrogens with zero attached hydrogens (tertiary/aromatic N) is 4. The molecule has 2 saturated heterocycles. The Morgan fingerprint density at radius 1 is 1.03 bits per heavy atom. The van der Waals surface area contributed by atoms with E-state index in [1.165, 1.54) is 35.2 Å². The van der Waals surface area contributed by atoms with E-state index in [0.717, 1.165) is 89.4 Å². The first kappa shape index (κ1) is 46.8. The van der Waals surface area contributed by atoms with Crippen LogP contribution in [0.1, 0.15) is 113 Å². The van der Waals surface area contributed by atoms with Crippen molar-refractivity contribution in [3.63, 3.8) is 0 Å². The van der Waals surface area contributed by atoms with Gasteiger partial charge in [-0.3, -0.25) is 19.8 Å². The van der Waals surface area contributed by atoms with E-state index in [-0.39, 0.29) is 44.9 Å². The standard InChI is InChI=1S/C51H59ClN6O8S2/c1-31(2)37-7-5-6-8-38(37)43-29-64-20-19-57(43)34-25-51(26-34)15-17-56(18-16-51)33-9-10-39(44(21-33)66-35-22-40-41(52)28-54-48(40)53-27-35)49(59)55-68(62,63)36-23-42(58(60)61)47-45(24-36)65-30-46(67-47)32-11-13-50(3,4)14-12-32/h5-10,21-24,27-28,31-32,34,43,46H,11-20,25-26,29-30H2,1-4H3,(H,53,54)(H,55,59)/t43-,46?/m1/s1. The number of carbonyl (C=O) groups is 1. The highest BCUT2D eigenvalue weighted by atomic mass is 35.5. The van der Waals surface area contributed by atoms with E-state index in [2.05, 4.69) is 76.5 Å². The minimum absolute atomic E-state index is 0.00804. The number of thioether (sulfide) groups is 1. The number of H-pyrrole nitrogens is 1. The van der Waals surface area contributed by atoms with Crippen LogP contribution in [0, 0.1) is 26.9 Å². The molecule has 2 N–H and O–H groups in total. The number of ether oxygens (including phenoxy) is 3. The lowest BCUT2D eigenvalue weighted by Crippen LogP contribution is -2.58. The second kappa shape index (κ2) is 18.5. The number of halogens is 1. The molecule has 2 aromatic heterocycles. The highest BCUT2D eigenvalue weighted by Gasteiger charge is 2.50. The van der Waals surface area contributed by atoms with E-state index in [1.807, 2.05) is 6.07 Å². The van der Waals surface area contributed by atoms with Crippen molar-refractivity contribution in [3.05, 3.63) is 105 Å². The van der Waals surface area contributed by atoms with Crippen LogP contribution in [0.25, 0.3) is 11.0 Å². The fourth-order valence-corrected chi connectivity index (χ4v) is 13.9. The summed E-state index contributed by atoms with van der Waals surface area (Å²) >= 11 is 7.82. The molecule has 2 aliphatic carbocycles. The largest absolute Gasteiger partial charge is 0.491 e. The normalized spacial score (nSPS) is 22.1. The van der Waals surface area contributed by atoms with Gasteiger partial charge in [0.15, 0.2) is 0 Å². The van der Waals surface area contributed by atoms with Crippen LogP contribution in [0.15, 0.2) is 82.8 Å². The lowest BCUT2D eigenvalue weighted by Gasteiger charge is -2.57. The number of rotatable bonds is 11. The first-order valence-electron chi connectivity index (χ1n) is 23.9. The molecule has 68 heavy (non-hydrogen) atoms. The van der Waals surface area contributed by atoms with Gasteiger partial charge in [0.1, 0.15) is 34.4 Å². The van der Waals surface area contributed by atoms with Crippen molar-refractivity contribution in [2.24, 2.45) is 16.7 Å². The minimum atomic E-state index is -4.64. The van der Waals surface area contributed by atoms with Gasteiger partial charge in [-0.25, -0.2) is 18.1 Å². The number of nitro benzene ring substituents is 1. The first-order valence-corrected chi connectivity index (χ1v) is 26.6. The molecule has 5 heterocycles. The molecule has 4 fully saturated rings. The molecular formula is C51H59ClN6O8S2. The number of hydrogen-bond acceptors (Lipinski definition) is 12. The van der Waals surface area contributed by atoms with Crippen LogP contribution in [0.2, 0.25) is 5.02 Å². The summed E-state index contributed by atoms with van der Waals surface area (Å²) in [7, 11) is -4.64. The molecule has 2 saturated carbocycles. The number of fused-ring (bicyclic) bond motifs is 2. The van der Waals surface area contributed by atoms with Gasteiger partial charge in [-0.1, -0.05) is 63.6 Å². The Morgan fingerprint density at radius 2 is 1.79 bits per heavy atom. The predicted octanol–water partition coefficient (Wildman–Crippen LogP) is 11.1. The molecule has 3 aliphatic heterocycles. The molecule has 360 valence electrons. The number of nitro groups is 1. The fourth-order valence-electron chi connectivity index (χ4n) is 11.3. The van der Waals surface area contributed by atoms with Crippen LogP contribution >= 0.6 is 23.4 Å². The number of anilines is 1. The number of carbonyl (C=O) groups excluding carboxylic acids is 1. The van der Waals surface area contributed by atoms with E-state index in [4.69, 9.17) is 25.8 Å². The SMILES string of the molecule is CC(C)c1ccccc1[C@H]1COCCN1C1CC2(CCN(c3ccc(C(=O)NS(=O)(=O)c4cc5c(c([N+](=O)[O-])c4)SC(C4CCC(C)(C)CC4)CO5)c(Oc4cnc5[nH]cc(Cl)c5c4)c3)CC2)C1. The Morgan fingerprint density at radius 3 is 2.54 bits per heavy atom. The van der Waals surface area contributed by atoms with Gasteiger partial charge in [0.2, 0.25) is 0 Å². The minimum Gasteiger partial charge on any atom is -0.491 e. The Hall–Kier alpha value is -4.87. The summed E-state index contributed by atoms with van der Waals surface area (Å²) in [5.41, 5.74) is 4.23. The number of aromatic nitrogens is 2. The molecule has 5 aliphatic rings. The summed E-state index contributed by atoms with van der Waals surface area (Å²) in [6.45, 7) is 13.3. The third-order valence-corrected chi connectivity index (χ3v) is 18.5. The van der Waals surface area contributed by atoms with Gasteiger partial charge >= 0.3 is 0 Å². The van der Waals surface area contributed by atoms with Crippen LogP contribution in [0.4, 0.5) is 11.4 Å². The monoisotopic (exact) mass is 982 g/mol. The summed E-state index contributed by atoms with van der Waals surface area (Å²) in [5.74, 6) is 0.313. The van der Waals surface area contributed by atoms with Crippen LogP contribution in [-0.2, 0) is 14.8 Å². The number of piperidine rings is 1. The molecule has 1 amide bonds. The molecule has 10 rings (SSSR count). The van der Waals surface area contributed by atoms with Crippen LogP contribution in [0.3, 0.4) is 0 Å². The molecule has 1 spiro atoms. The summed E-state index contributed by atoms with van der Waals surface area (Å²) in [6, 6.07) is 18.6. The van der Waals surface area contributed by atoms with Gasteiger partial charge in [0, 0.05) is 66.4 Å². The van der Waals surface area contributed by atoms with Crippen molar-refractivity contribution < 1.29 is 32.3 Å². The average molecular weight is 984 g/mol. The zero-order valence-corrected chi connectivity index (χ0v) is 41.4. The molecule has 17 heteroatoms. The molecule has 0 radical (unpaired) electrons. The quantitative estimate of drug-likeness (QED) is 0.0950. The number of aromatic amines is 1. The van der Waals surface area contributed by atoms with Crippen molar-refractivity contribution in [1.82, 2.24) is 19.6 Å². The van der Waals surface area contributed by atoms with Gasteiger partial charge < -0.3 is 24.1 Å². The second-order valence-electron chi connectivity index (χ2n) is 20.6. The summed E-state index contributed by atoms with van der Waals surface area (Å²) in [5, 5.41) is 13.5. The molecule has 1 unspecified atom stereocenters.